The van der Waals surface area contributed by atoms with E-state index in [0.717, 1.165) is 0 Å². The maximum absolute atomic E-state index is 11.4. The van der Waals surface area contributed by atoms with Crippen molar-refractivity contribution >= 4 is 11.8 Å². The SMILES string of the molecule is COCC(=O)N1CCN(C(C)=O)CC1. The molecule has 1 aliphatic heterocycles. The Balaban J connectivity index is 2.35. The van der Waals surface area contributed by atoms with Crippen molar-refractivity contribution in [2.45, 2.75) is 6.92 Å². The van der Waals surface area contributed by atoms with Gasteiger partial charge in [0.1, 0.15) is 6.61 Å². The van der Waals surface area contributed by atoms with Gasteiger partial charge in [-0.3, -0.25) is 9.59 Å². The minimum Gasteiger partial charge on any atom is -0.375 e. The van der Waals surface area contributed by atoms with Crippen LogP contribution in [0.4, 0.5) is 0 Å². The van der Waals surface area contributed by atoms with E-state index in [9.17, 15) is 9.59 Å². The molecule has 0 N–H and O–H groups in total. The molecule has 1 saturated heterocycles. The second-order valence-electron chi connectivity index (χ2n) is 3.32. The zero-order chi connectivity index (χ0) is 10.6. The second kappa shape index (κ2) is 4.95. The summed E-state index contributed by atoms with van der Waals surface area (Å²) in [6, 6.07) is 0. The largest absolute Gasteiger partial charge is 0.375 e. The number of piperazine rings is 1. The highest BCUT2D eigenvalue weighted by molar-refractivity contribution is 5.78. The standard InChI is InChI=1S/C9H16N2O3/c1-8(12)10-3-5-11(6-4-10)9(13)7-14-2/h3-7H2,1-2H3. The van der Waals surface area contributed by atoms with Crippen LogP contribution in [0.5, 0.6) is 0 Å². The molecule has 0 aromatic heterocycles. The van der Waals surface area contributed by atoms with Gasteiger partial charge in [-0.25, -0.2) is 0 Å². The van der Waals surface area contributed by atoms with E-state index in [1.54, 1.807) is 16.7 Å². The van der Waals surface area contributed by atoms with Crippen LogP contribution < -0.4 is 0 Å². The number of hydrogen-bond acceptors (Lipinski definition) is 3. The Bertz CT molecular complexity index is 222. The predicted octanol–water partition coefficient (Wildman–Crippen LogP) is -0.676. The van der Waals surface area contributed by atoms with Crippen molar-refractivity contribution in [2.75, 3.05) is 39.9 Å². The molecular weight excluding hydrogens is 184 g/mol. The van der Waals surface area contributed by atoms with Gasteiger partial charge in [0.15, 0.2) is 0 Å². The zero-order valence-electron chi connectivity index (χ0n) is 8.65. The monoisotopic (exact) mass is 200 g/mol. The van der Waals surface area contributed by atoms with E-state index >= 15 is 0 Å². The van der Waals surface area contributed by atoms with Crippen molar-refractivity contribution in [3.05, 3.63) is 0 Å². The summed E-state index contributed by atoms with van der Waals surface area (Å²) in [5.41, 5.74) is 0. The summed E-state index contributed by atoms with van der Waals surface area (Å²) in [7, 11) is 1.50. The lowest BCUT2D eigenvalue weighted by atomic mass is 10.3. The van der Waals surface area contributed by atoms with Crippen LogP contribution in [0, 0.1) is 0 Å². The van der Waals surface area contributed by atoms with Gasteiger partial charge in [0, 0.05) is 40.2 Å². The number of nitrogens with zero attached hydrogens (tertiary/aromatic N) is 2. The molecule has 0 atom stereocenters. The smallest absolute Gasteiger partial charge is 0.248 e. The summed E-state index contributed by atoms with van der Waals surface area (Å²) < 4.78 is 4.76. The molecular formula is C9H16N2O3. The van der Waals surface area contributed by atoms with Crippen molar-refractivity contribution in [1.29, 1.82) is 0 Å². The van der Waals surface area contributed by atoms with Crippen LogP contribution in [0.1, 0.15) is 6.92 Å². The van der Waals surface area contributed by atoms with Crippen LogP contribution in [0.2, 0.25) is 0 Å². The fourth-order valence-corrected chi connectivity index (χ4v) is 1.49. The number of carbonyl (C=O) groups excluding carboxylic acids is 2. The average molecular weight is 200 g/mol. The van der Waals surface area contributed by atoms with Gasteiger partial charge in [-0.2, -0.15) is 0 Å². The Morgan fingerprint density at radius 2 is 1.64 bits per heavy atom. The molecule has 0 saturated carbocycles. The Hall–Kier alpha value is -1.10. The molecule has 0 bridgehead atoms. The van der Waals surface area contributed by atoms with Gasteiger partial charge in [0.2, 0.25) is 11.8 Å². The minimum atomic E-state index is -0.00398. The number of amides is 2. The Morgan fingerprint density at radius 1 is 1.14 bits per heavy atom. The van der Waals surface area contributed by atoms with Gasteiger partial charge in [-0.15, -0.1) is 0 Å². The number of carbonyl (C=O) groups is 2. The zero-order valence-corrected chi connectivity index (χ0v) is 8.65. The number of ether oxygens (including phenoxy) is 1. The minimum absolute atomic E-state index is 0.00398. The van der Waals surface area contributed by atoms with E-state index < -0.39 is 0 Å². The topological polar surface area (TPSA) is 49.9 Å². The highest BCUT2D eigenvalue weighted by Crippen LogP contribution is 2.02. The van der Waals surface area contributed by atoms with Gasteiger partial charge < -0.3 is 14.5 Å². The van der Waals surface area contributed by atoms with Crippen molar-refractivity contribution in [3.8, 4) is 0 Å². The lowest BCUT2D eigenvalue weighted by Gasteiger charge is -2.34. The van der Waals surface area contributed by atoms with E-state index in [1.807, 2.05) is 0 Å². The van der Waals surface area contributed by atoms with E-state index in [-0.39, 0.29) is 18.4 Å². The lowest BCUT2D eigenvalue weighted by Crippen LogP contribution is -2.50. The van der Waals surface area contributed by atoms with Gasteiger partial charge >= 0.3 is 0 Å². The third kappa shape index (κ3) is 2.70. The molecule has 0 unspecified atom stereocenters. The first-order chi connectivity index (χ1) is 6.65. The summed E-state index contributed by atoms with van der Waals surface area (Å²) >= 11 is 0. The molecule has 0 aliphatic carbocycles. The average Bonchev–Trinajstić information content (AvgIpc) is 2.18. The summed E-state index contributed by atoms with van der Waals surface area (Å²) in [5, 5.41) is 0. The summed E-state index contributed by atoms with van der Waals surface area (Å²) in [6.07, 6.45) is 0. The van der Waals surface area contributed by atoms with Gasteiger partial charge in [0.05, 0.1) is 0 Å². The normalized spacial score (nSPS) is 17.0. The molecule has 0 aromatic rings. The lowest BCUT2D eigenvalue weighted by molar-refractivity contribution is -0.140. The molecule has 5 nitrogen and oxygen atoms in total. The predicted molar refractivity (Wildman–Crippen MR) is 50.7 cm³/mol. The van der Waals surface area contributed by atoms with Crippen LogP contribution in [0.15, 0.2) is 0 Å². The highest BCUT2D eigenvalue weighted by Gasteiger charge is 2.21. The van der Waals surface area contributed by atoms with Gasteiger partial charge in [-0.1, -0.05) is 0 Å². The van der Waals surface area contributed by atoms with E-state index in [4.69, 9.17) is 4.74 Å². The molecule has 1 rings (SSSR count). The van der Waals surface area contributed by atoms with E-state index in [0.29, 0.717) is 26.2 Å². The summed E-state index contributed by atoms with van der Waals surface area (Å²) in [6.45, 7) is 4.16. The maximum Gasteiger partial charge on any atom is 0.248 e. The number of hydrogen-bond donors (Lipinski definition) is 0. The van der Waals surface area contributed by atoms with Crippen LogP contribution in [0.3, 0.4) is 0 Å². The van der Waals surface area contributed by atoms with E-state index in [1.165, 1.54) is 7.11 Å². The van der Waals surface area contributed by atoms with Crippen molar-refractivity contribution < 1.29 is 14.3 Å². The second-order valence-corrected chi connectivity index (χ2v) is 3.32. The molecule has 80 valence electrons. The maximum atomic E-state index is 11.4. The Morgan fingerprint density at radius 3 is 2.07 bits per heavy atom. The number of rotatable bonds is 2. The van der Waals surface area contributed by atoms with Crippen LogP contribution in [-0.4, -0.2) is 61.5 Å². The van der Waals surface area contributed by atoms with Gasteiger partial charge in [-0.05, 0) is 0 Å². The summed E-state index contributed by atoms with van der Waals surface area (Å²) in [5.74, 6) is 0.0690. The van der Waals surface area contributed by atoms with Crippen LogP contribution in [-0.2, 0) is 14.3 Å². The van der Waals surface area contributed by atoms with Crippen LogP contribution >= 0.6 is 0 Å². The quantitative estimate of drug-likeness (QED) is 0.593. The van der Waals surface area contributed by atoms with Crippen molar-refractivity contribution in [1.82, 2.24) is 9.80 Å². The fourth-order valence-electron chi connectivity index (χ4n) is 1.49. The molecule has 14 heavy (non-hydrogen) atoms. The molecule has 0 aromatic carbocycles. The first kappa shape index (κ1) is 11.0. The molecule has 1 fully saturated rings. The first-order valence-electron chi connectivity index (χ1n) is 4.67. The fraction of sp³-hybridized carbons (Fsp3) is 0.778. The third-order valence-corrected chi connectivity index (χ3v) is 2.35. The third-order valence-electron chi connectivity index (χ3n) is 2.35. The number of methoxy groups -OCH3 is 1. The molecule has 2 amide bonds. The molecule has 1 aliphatic rings. The van der Waals surface area contributed by atoms with Gasteiger partial charge in [0.25, 0.3) is 0 Å². The van der Waals surface area contributed by atoms with E-state index in [2.05, 4.69) is 0 Å². The van der Waals surface area contributed by atoms with Crippen molar-refractivity contribution in [3.63, 3.8) is 0 Å². The Labute approximate surface area is 83.6 Å². The molecule has 5 heteroatoms. The molecule has 0 radical (unpaired) electrons. The first-order valence-corrected chi connectivity index (χ1v) is 4.67. The van der Waals surface area contributed by atoms with Crippen molar-refractivity contribution in [2.24, 2.45) is 0 Å². The van der Waals surface area contributed by atoms with Crippen LogP contribution in [0.25, 0.3) is 0 Å². The molecule has 1 heterocycles. The highest BCUT2D eigenvalue weighted by atomic mass is 16.5. The Kier molecular flexibility index (Phi) is 3.88. The summed E-state index contributed by atoms with van der Waals surface area (Å²) in [4.78, 5) is 25.8. The molecule has 0 spiro atoms.